The van der Waals surface area contributed by atoms with Crippen molar-refractivity contribution in [3.8, 4) is 28.5 Å². The summed E-state index contributed by atoms with van der Waals surface area (Å²) in [6.07, 6.45) is 7.75. The molecule has 2 aromatic carbocycles. The summed E-state index contributed by atoms with van der Waals surface area (Å²) >= 11 is 4.04. The monoisotopic (exact) mass is 1000 g/mol. The number of hydrogen-bond donors (Lipinski definition) is 2. The van der Waals surface area contributed by atoms with Crippen LogP contribution in [0.2, 0.25) is 0 Å². The van der Waals surface area contributed by atoms with Gasteiger partial charge in [0.1, 0.15) is 16.8 Å². The zero-order valence-electron chi connectivity index (χ0n) is 40.1. The Hall–Kier alpha value is -6.48. The molecule has 0 saturated carbocycles. The number of pyridine rings is 2. The number of nitrogens with zero attached hydrogens (tertiary/aromatic N) is 10. The van der Waals surface area contributed by atoms with E-state index in [4.69, 9.17) is 52.9 Å². The minimum atomic E-state index is 0.584. The summed E-state index contributed by atoms with van der Waals surface area (Å²) in [5, 5.41) is 3.98. The number of aromatic amines is 2. The van der Waals surface area contributed by atoms with Crippen molar-refractivity contribution in [2.75, 3.05) is 119 Å². The number of ether oxygens (including phenoxy) is 3. The first-order chi connectivity index (χ1) is 35.6. The molecule has 0 radical (unpaired) electrons. The number of methoxy groups -OCH3 is 1. The fraction of sp³-hybridized carbons (Fsp3) is 0.358. The summed E-state index contributed by atoms with van der Waals surface area (Å²) in [4.78, 5) is 45.7. The van der Waals surface area contributed by atoms with Crippen LogP contribution in [0.4, 0.5) is 11.6 Å². The van der Waals surface area contributed by atoms with Gasteiger partial charge in [-0.2, -0.15) is 23.5 Å². The van der Waals surface area contributed by atoms with Gasteiger partial charge in [-0.1, -0.05) is 12.1 Å². The number of nitrogens with one attached hydrogen (secondary N) is 2. The topological polar surface area (TPSA) is 176 Å². The van der Waals surface area contributed by atoms with Crippen LogP contribution in [0.3, 0.4) is 0 Å². The number of H-pyrrole nitrogens is 2. The number of rotatable bonds is 9. The molecule has 0 unspecified atom stereocenters. The van der Waals surface area contributed by atoms with Gasteiger partial charge >= 0.3 is 0 Å². The summed E-state index contributed by atoms with van der Waals surface area (Å²) in [7, 11) is 1.68. The van der Waals surface area contributed by atoms with Crippen molar-refractivity contribution in [3.63, 3.8) is 0 Å². The van der Waals surface area contributed by atoms with Gasteiger partial charge in [-0.3, -0.25) is 9.80 Å². The molecule has 4 aliphatic heterocycles. The molecule has 14 rings (SSSR count). The van der Waals surface area contributed by atoms with Gasteiger partial charge < -0.3 is 42.8 Å². The molecule has 10 aromatic rings. The number of morpholine rings is 2. The van der Waals surface area contributed by atoms with Crippen LogP contribution in [0.25, 0.3) is 89.0 Å². The van der Waals surface area contributed by atoms with Crippen molar-refractivity contribution < 1.29 is 23.0 Å². The minimum absolute atomic E-state index is 0.584. The standard InChI is InChI=1S/C27H28N6O3S.C26H26N6O2S/c1-34-21-3-2-20-18(4-5-28-20)22(21)25-30-23-19-14-17(16-32-8-12-37-13-9-32)15-29-27(19)36-24(23)26(31-25)33-6-10-35-11-7-33;1-2-19(18-4-5-27-21(18)3-1)24-29-22-20-14-17(16-31-8-12-35-13-9-31)15-28-26(20)34-23(22)25(30-24)32-6-10-33-11-7-32/h2-5,14-15,28H,6-13,16H2,1H3;1-5,14-15,27H,6-13,16H2. The zero-order chi connectivity index (χ0) is 48.0. The Morgan fingerprint density at radius 2 is 1.10 bits per heavy atom. The Labute approximate surface area is 423 Å². The smallest absolute Gasteiger partial charge is 0.229 e. The van der Waals surface area contributed by atoms with Crippen molar-refractivity contribution in [2.45, 2.75) is 13.1 Å². The number of furan rings is 2. The van der Waals surface area contributed by atoms with E-state index in [0.29, 0.717) is 60.7 Å². The van der Waals surface area contributed by atoms with Crippen LogP contribution in [0, 0.1) is 0 Å². The Morgan fingerprint density at radius 3 is 1.67 bits per heavy atom. The highest BCUT2D eigenvalue weighted by atomic mass is 32.2. The van der Waals surface area contributed by atoms with Crippen LogP contribution in [-0.4, -0.2) is 159 Å². The number of fused-ring (bicyclic) bond motifs is 8. The van der Waals surface area contributed by atoms with Crippen LogP contribution in [0.5, 0.6) is 5.75 Å². The quantitative estimate of drug-likeness (QED) is 0.140. The lowest BCUT2D eigenvalue weighted by Gasteiger charge is -2.28. The summed E-state index contributed by atoms with van der Waals surface area (Å²) in [6.45, 7) is 11.8. The summed E-state index contributed by atoms with van der Waals surface area (Å²) in [6, 6.07) is 18.7. The third-order valence-corrected chi connectivity index (χ3v) is 15.9. The first-order valence-electron chi connectivity index (χ1n) is 24.8. The molecule has 2 N–H and O–H groups in total. The molecule has 17 nitrogen and oxygen atoms in total. The molecule has 4 aliphatic rings. The molecular formula is C53H54N12O5S2. The van der Waals surface area contributed by atoms with Crippen molar-refractivity contribution in [3.05, 3.63) is 90.5 Å². The summed E-state index contributed by atoms with van der Waals surface area (Å²) in [5.41, 5.74) is 10.5. The van der Waals surface area contributed by atoms with Crippen molar-refractivity contribution in [1.29, 1.82) is 0 Å². The molecule has 0 bridgehead atoms. The lowest BCUT2D eigenvalue weighted by Crippen LogP contribution is -2.37. The van der Waals surface area contributed by atoms with E-state index in [9.17, 15) is 0 Å². The highest BCUT2D eigenvalue weighted by Gasteiger charge is 2.27. The van der Waals surface area contributed by atoms with Gasteiger partial charge in [0.25, 0.3) is 0 Å². The van der Waals surface area contributed by atoms with E-state index in [1.807, 2.05) is 72.6 Å². The number of hydrogen-bond acceptors (Lipinski definition) is 17. The maximum Gasteiger partial charge on any atom is 0.229 e. The van der Waals surface area contributed by atoms with Crippen LogP contribution in [-0.2, 0) is 22.6 Å². The first kappa shape index (κ1) is 45.4. The second kappa shape index (κ2) is 19.8. The molecule has 4 saturated heterocycles. The van der Waals surface area contributed by atoms with Gasteiger partial charge in [-0.15, -0.1) is 0 Å². The molecule has 72 heavy (non-hydrogen) atoms. The molecule has 12 heterocycles. The Kier molecular flexibility index (Phi) is 12.5. The van der Waals surface area contributed by atoms with E-state index in [0.717, 1.165) is 138 Å². The van der Waals surface area contributed by atoms with Crippen molar-refractivity contribution >= 4 is 101 Å². The Bertz CT molecular complexity index is 3570. The van der Waals surface area contributed by atoms with Crippen LogP contribution in [0.15, 0.2) is 88.2 Å². The second-order valence-corrected chi connectivity index (χ2v) is 20.9. The number of benzene rings is 2. The first-order valence-corrected chi connectivity index (χ1v) is 27.1. The van der Waals surface area contributed by atoms with Gasteiger partial charge in [0.2, 0.25) is 11.4 Å². The molecule has 0 spiro atoms. The third-order valence-electron chi connectivity index (χ3n) is 14.0. The summed E-state index contributed by atoms with van der Waals surface area (Å²) < 4.78 is 29.6. The Morgan fingerprint density at radius 1 is 0.569 bits per heavy atom. The zero-order valence-corrected chi connectivity index (χ0v) is 41.7. The average molecular weight is 1000 g/mol. The fourth-order valence-corrected chi connectivity index (χ4v) is 12.3. The molecule has 4 fully saturated rings. The molecule has 368 valence electrons. The molecule has 0 amide bonds. The number of anilines is 2. The van der Waals surface area contributed by atoms with Crippen LogP contribution >= 0.6 is 23.5 Å². The van der Waals surface area contributed by atoms with E-state index in [-0.39, 0.29) is 0 Å². The van der Waals surface area contributed by atoms with E-state index >= 15 is 0 Å². The highest BCUT2D eigenvalue weighted by Crippen LogP contribution is 2.41. The predicted octanol–water partition coefficient (Wildman–Crippen LogP) is 8.62. The molecule has 8 aromatic heterocycles. The van der Waals surface area contributed by atoms with E-state index in [1.165, 1.54) is 34.1 Å². The van der Waals surface area contributed by atoms with Crippen LogP contribution in [0.1, 0.15) is 11.1 Å². The molecule has 0 aliphatic carbocycles. The number of aromatic nitrogens is 8. The van der Waals surface area contributed by atoms with Gasteiger partial charge in [-0.05, 0) is 53.6 Å². The largest absolute Gasteiger partial charge is 0.496 e. The molecule has 0 atom stereocenters. The van der Waals surface area contributed by atoms with E-state index in [1.54, 1.807) is 7.11 Å². The maximum absolute atomic E-state index is 6.33. The van der Waals surface area contributed by atoms with Gasteiger partial charge in [0, 0.05) is 141 Å². The lowest BCUT2D eigenvalue weighted by molar-refractivity contribution is 0.122. The van der Waals surface area contributed by atoms with E-state index < -0.39 is 0 Å². The van der Waals surface area contributed by atoms with Crippen molar-refractivity contribution in [1.82, 2.24) is 49.7 Å². The number of thioether (sulfide) groups is 2. The van der Waals surface area contributed by atoms with Crippen LogP contribution < -0.4 is 14.5 Å². The van der Waals surface area contributed by atoms with Crippen molar-refractivity contribution in [2.24, 2.45) is 0 Å². The lowest BCUT2D eigenvalue weighted by atomic mass is 10.1. The summed E-state index contributed by atoms with van der Waals surface area (Å²) in [5.74, 6) is 8.35. The third kappa shape index (κ3) is 8.74. The highest BCUT2D eigenvalue weighted by molar-refractivity contribution is 7.99. The normalized spacial score (nSPS) is 17.5. The molecule has 19 heteroatoms. The van der Waals surface area contributed by atoms with Gasteiger partial charge in [0.15, 0.2) is 34.5 Å². The molecular weight excluding hydrogens is 949 g/mol. The minimum Gasteiger partial charge on any atom is -0.496 e. The van der Waals surface area contributed by atoms with E-state index in [2.05, 4.69) is 59.9 Å². The Balaban J connectivity index is 0.000000140. The fourth-order valence-electron chi connectivity index (χ4n) is 10.3. The average Bonchev–Trinajstić information content (AvgIpc) is 4.27. The van der Waals surface area contributed by atoms with Gasteiger partial charge in [0.05, 0.1) is 49.9 Å². The van der Waals surface area contributed by atoms with Gasteiger partial charge in [-0.25, -0.2) is 29.9 Å². The maximum atomic E-state index is 6.33. The predicted molar refractivity (Wildman–Crippen MR) is 287 cm³/mol. The SMILES string of the molecule is COc1ccc2[nH]ccc2c1-c1nc(N2CCOCC2)c2oc3ncc(CN4CCSCC4)cc3c2n1.c1cc(-c2nc(N3CCOCC3)c3oc4ncc(CN5CCSCC5)cc4c3n2)c2cc[nH]c2c1. The second-order valence-electron chi connectivity index (χ2n) is 18.5.